The van der Waals surface area contributed by atoms with Crippen LogP contribution < -0.4 is 5.32 Å². The van der Waals surface area contributed by atoms with Crippen LogP contribution in [0.25, 0.3) is 0 Å². The Labute approximate surface area is 160 Å². The molecule has 0 aromatic carbocycles. The number of nitrogens with one attached hydrogen (secondary N) is 1. The van der Waals surface area contributed by atoms with Crippen LogP contribution in [0.3, 0.4) is 0 Å². The van der Waals surface area contributed by atoms with E-state index in [1.807, 2.05) is 0 Å². The Kier molecular flexibility index (Phi) is 5.68. The zero-order chi connectivity index (χ0) is 19.0. The van der Waals surface area contributed by atoms with E-state index < -0.39 is 0 Å². The van der Waals surface area contributed by atoms with Gasteiger partial charge in [0.2, 0.25) is 0 Å². The molecule has 2 aliphatic carbocycles. The van der Waals surface area contributed by atoms with E-state index in [0.29, 0.717) is 0 Å². The Bertz CT molecular complexity index is 563. The quantitative estimate of drug-likeness (QED) is 0.620. The number of aliphatic imine (C=N–C) groups is 1. The highest BCUT2D eigenvalue weighted by atomic mass is 16.1. The van der Waals surface area contributed by atoms with E-state index >= 15 is 0 Å². The van der Waals surface area contributed by atoms with Crippen LogP contribution in [0.4, 0.5) is 0 Å². The predicted molar refractivity (Wildman–Crippen MR) is 110 cm³/mol. The van der Waals surface area contributed by atoms with Gasteiger partial charge >= 0.3 is 0 Å². The molecular weight excluding hydrogens is 320 g/mol. The first kappa shape index (κ1) is 20.0. The van der Waals surface area contributed by atoms with Crippen molar-refractivity contribution in [2.45, 2.75) is 116 Å². The van der Waals surface area contributed by atoms with Gasteiger partial charge in [0.05, 0.1) is 0 Å². The molecule has 1 heterocycles. The van der Waals surface area contributed by atoms with Gasteiger partial charge in [-0.2, -0.15) is 0 Å². The fourth-order valence-corrected chi connectivity index (χ4v) is 5.93. The number of carbonyl (C=O) groups is 1. The Morgan fingerprint density at radius 1 is 1.00 bits per heavy atom. The van der Waals surface area contributed by atoms with E-state index in [-0.39, 0.29) is 22.4 Å². The standard InChI is InChI=1S/C23H40N2O/c1-6-18-14-19(18)16-23(5)13-9-12-22(4,25-23)15-17(2)24-20(26)21(3)10-7-8-11-21/h18-19,25H,6-16H2,1-5H3. The minimum atomic E-state index is -0.197. The number of nitrogens with zero attached hydrogens (tertiary/aromatic N) is 1. The van der Waals surface area contributed by atoms with Crippen LogP contribution >= 0.6 is 0 Å². The summed E-state index contributed by atoms with van der Waals surface area (Å²) in [6.07, 6.45) is 13.1. The molecule has 1 aliphatic heterocycles. The summed E-state index contributed by atoms with van der Waals surface area (Å²) in [5.74, 6) is 2.02. The molecule has 1 amide bonds. The predicted octanol–water partition coefficient (Wildman–Crippen LogP) is 5.67. The molecule has 0 aromatic rings. The van der Waals surface area contributed by atoms with Gasteiger partial charge in [0, 0.05) is 28.6 Å². The molecule has 3 fully saturated rings. The van der Waals surface area contributed by atoms with Gasteiger partial charge in [-0.1, -0.05) is 33.1 Å². The minimum absolute atomic E-state index is 0.0774. The van der Waals surface area contributed by atoms with Crippen LogP contribution in [-0.2, 0) is 4.79 Å². The number of hydrogen-bond donors (Lipinski definition) is 1. The van der Waals surface area contributed by atoms with Gasteiger partial charge in [0.25, 0.3) is 5.91 Å². The third-order valence-electron chi connectivity index (χ3n) is 7.53. The Hall–Kier alpha value is -0.700. The molecule has 3 aliphatic rings. The van der Waals surface area contributed by atoms with Crippen LogP contribution in [-0.4, -0.2) is 22.7 Å². The van der Waals surface area contributed by atoms with Gasteiger partial charge in [-0.15, -0.1) is 0 Å². The summed E-state index contributed by atoms with van der Waals surface area (Å²) in [6, 6.07) is 0. The molecule has 1 N–H and O–H groups in total. The van der Waals surface area contributed by atoms with Crippen LogP contribution in [0.2, 0.25) is 0 Å². The van der Waals surface area contributed by atoms with Crippen LogP contribution in [0.1, 0.15) is 105 Å². The van der Waals surface area contributed by atoms with Crippen molar-refractivity contribution in [1.29, 1.82) is 0 Å². The van der Waals surface area contributed by atoms with Crippen LogP contribution in [0.15, 0.2) is 4.99 Å². The highest BCUT2D eigenvalue weighted by Crippen LogP contribution is 2.48. The molecule has 0 spiro atoms. The maximum Gasteiger partial charge on any atom is 0.251 e. The average molecular weight is 361 g/mol. The summed E-state index contributed by atoms with van der Waals surface area (Å²) < 4.78 is 0. The van der Waals surface area contributed by atoms with Gasteiger partial charge < -0.3 is 5.32 Å². The van der Waals surface area contributed by atoms with Crippen molar-refractivity contribution in [3.8, 4) is 0 Å². The number of piperidine rings is 1. The fraction of sp³-hybridized carbons (Fsp3) is 0.913. The average Bonchev–Trinajstić information content (AvgIpc) is 3.11. The first-order chi connectivity index (χ1) is 12.2. The van der Waals surface area contributed by atoms with Gasteiger partial charge in [-0.05, 0) is 77.6 Å². The summed E-state index contributed by atoms with van der Waals surface area (Å²) in [7, 11) is 0. The molecule has 148 valence electrons. The minimum Gasteiger partial charge on any atom is -0.306 e. The van der Waals surface area contributed by atoms with Gasteiger partial charge in [-0.25, -0.2) is 4.99 Å². The number of amides is 1. The lowest BCUT2D eigenvalue weighted by Gasteiger charge is -2.47. The highest BCUT2D eigenvalue weighted by Gasteiger charge is 2.45. The smallest absolute Gasteiger partial charge is 0.251 e. The van der Waals surface area contributed by atoms with Crippen LogP contribution in [0.5, 0.6) is 0 Å². The van der Waals surface area contributed by atoms with Crippen molar-refractivity contribution in [1.82, 2.24) is 5.32 Å². The molecular formula is C23H40N2O. The second-order valence-electron chi connectivity index (χ2n) is 10.6. The molecule has 2 saturated carbocycles. The van der Waals surface area contributed by atoms with E-state index in [4.69, 9.17) is 0 Å². The van der Waals surface area contributed by atoms with Crippen LogP contribution in [0, 0.1) is 17.3 Å². The van der Waals surface area contributed by atoms with Crippen molar-refractivity contribution in [3.05, 3.63) is 0 Å². The number of hydrogen-bond acceptors (Lipinski definition) is 2. The molecule has 26 heavy (non-hydrogen) atoms. The SMILES string of the molecule is CCC1CC1CC1(C)CCCC(C)(CC(C)=NC(=O)C2(C)CCCC2)N1. The number of carbonyl (C=O) groups excluding carboxylic acids is 1. The largest absolute Gasteiger partial charge is 0.306 e. The third-order valence-corrected chi connectivity index (χ3v) is 7.53. The number of rotatable bonds is 6. The van der Waals surface area contributed by atoms with Crippen molar-refractivity contribution in [2.75, 3.05) is 0 Å². The zero-order valence-corrected chi connectivity index (χ0v) is 17.8. The van der Waals surface area contributed by atoms with E-state index in [0.717, 1.165) is 36.8 Å². The van der Waals surface area contributed by atoms with E-state index in [1.54, 1.807) is 0 Å². The first-order valence-corrected chi connectivity index (χ1v) is 11.0. The van der Waals surface area contributed by atoms with Crippen molar-refractivity contribution in [2.24, 2.45) is 22.2 Å². The highest BCUT2D eigenvalue weighted by molar-refractivity contribution is 5.97. The molecule has 0 radical (unpaired) electrons. The van der Waals surface area contributed by atoms with E-state index in [9.17, 15) is 4.79 Å². The molecule has 4 atom stereocenters. The fourth-order valence-electron chi connectivity index (χ4n) is 5.93. The molecule has 4 unspecified atom stereocenters. The second kappa shape index (κ2) is 7.37. The third kappa shape index (κ3) is 4.58. The monoisotopic (exact) mass is 360 g/mol. The molecule has 0 aromatic heterocycles. The maximum atomic E-state index is 12.7. The summed E-state index contributed by atoms with van der Waals surface area (Å²) in [4.78, 5) is 17.2. The van der Waals surface area contributed by atoms with E-state index in [1.165, 1.54) is 51.4 Å². The van der Waals surface area contributed by atoms with Gasteiger partial charge in [0.1, 0.15) is 0 Å². The zero-order valence-electron chi connectivity index (χ0n) is 17.8. The first-order valence-electron chi connectivity index (χ1n) is 11.0. The summed E-state index contributed by atoms with van der Waals surface area (Å²) in [5, 5.41) is 4.01. The summed E-state index contributed by atoms with van der Waals surface area (Å²) >= 11 is 0. The molecule has 1 saturated heterocycles. The molecule has 3 rings (SSSR count). The molecule has 3 heteroatoms. The normalized spacial score (nSPS) is 39.8. The lowest BCUT2D eigenvalue weighted by atomic mass is 9.76. The maximum absolute atomic E-state index is 12.7. The van der Waals surface area contributed by atoms with Crippen molar-refractivity contribution < 1.29 is 4.79 Å². The Morgan fingerprint density at radius 3 is 2.27 bits per heavy atom. The Morgan fingerprint density at radius 2 is 1.65 bits per heavy atom. The van der Waals surface area contributed by atoms with Crippen molar-refractivity contribution >= 4 is 11.6 Å². The lowest BCUT2D eigenvalue weighted by molar-refractivity contribution is -0.126. The van der Waals surface area contributed by atoms with Crippen molar-refractivity contribution in [3.63, 3.8) is 0 Å². The Balaban J connectivity index is 1.60. The second-order valence-corrected chi connectivity index (χ2v) is 10.6. The lowest BCUT2D eigenvalue weighted by Crippen LogP contribution is -2.59. The van der Waals surface area contributed by atoms with E-state index in [2.05, 4.69) is 44.9 Å². The summed E-state index contributed by atoms with van der Waals surface area (Å²) in [5.41, 5.74) is 1.15. The summed E-state index contributed by atoms with van der Waals surface area (Å²) in [6.45, 7) is 11.3. The van der Waals surface area contributed by atoms with Gasteiger partial charge in [-0.3, -0.25) is 4.79 Å². The molecule has 0 bridgehead atoms. The topological polar surface area (TPSA) is 41.5 Å². The van der Waals surface area contributed by atoms with Gasteiger partial charge in [0.15, 0.2) is 0 Å². The molecule has 3 nitrogen and oxygen atoms in total.